The van der Waals surface area contributed by atoms with E-state index < -0.39 is 11.9 Å². The Morgan fingerprint density at radius 3 is 1.44 bits per heavy atom. The van der Waals surface area contributed by atoms with Gasteiger partial charge in [-0.2, -0.15) is 0 Å². The summed E-state index contributed by atoms with van der Waals surface area (Å²) in [5, 5.41) is 20.0. The summed E-state index contributed by atoms with van der Waals surface area (Å²) < 4.78 is 0. The Morgan fingerprint density at radius 2 is 1.12 bits per heavy atom. The van der Waals surface area contributed by atoms with Gasteiger partial charge < -0.3 is 19.8 Å². The molecule has 0 aromatic rings. The highest BCUT2D eigenvalue weighted by atomic mass is 16.4. The second-order valence-corrected chi connectivity index (χ2v) is 3.43. The van der Waals surface area contributed by atoms with Gasteiger partial charge in [0.05, 0.1) is 11.9 Å². The Hall–Kier alpha value is -1.58. The third kappa shape index (κ3) is 12.4. The molecule has 0 amide bonds. The lowest BCUT2D eigenvalue weighted by molar-refractivity contribution is -0.298. The molecule has 0 unspecified atom stereocenters. The molecule has 0 saturated heterocycles. The van der Waals surface area contributed by atoms with Crippen LogP contribution >= 0.6 is 0 Å². The van der Waals surface area contributed by atoms with Gasteiger partial charge in [-0.25, -0.2) is 0 Å². The predicted octanol–water partition coefficient (Wildman–Crippen LogP) is -0.0608. The van der Waals surface area contributed by atoms with Gasteiger partial charge in [-0.15, -0.1) is 0 Å². The van der Waals surface area contributed by atoms with Crippen LogP contribution in [0.4, 0.5) is 0 Å². The Bertz CT molecular complexity index is 238. The first-order chi connectivity index (χ1) is 7.63. The summed E-state index contributed by atoms with van der Waals surface area (Å²) in [7, 11) is 0. The smallest absolute Gasteiger partial charge is 0.0639 e. The van der Waals surface area contributed by atoms with Gasteiger partial charge in [0, 0.05) is 0 Å². The van der Waals surface area contributed by atoms with Crippen LogP contribution in [0.3, 0.4) is 0 Å². The van der Waals surface area contributed by atoms with Crippen LogP contribution < -0.4 is 10.2 Å². The molecule has 0 N–H and O–H groups in total. The second-order valence-electron chi connectivity index (χ2n) is 3.43. The summed E-state index contributed by atoms with van der Waals surface area (Å²) in [5.41, 5.74) is 0. The zero-order valence-electron chi connectivity index (χ0n) is 9.19. The van der Waals surface area contributed by atoms with Gasteiger partial charge in [-0.3, -0.25) is 0 Å². The number of aliphatic carboxylic acids is 2. The van der Waals surface area contributed by atoms with Gasteiger partial charge in [0.25, 0.3) is 0 Å². The minimum Gasteiger partial charge on any atom is -0.545 e. The summed E-state index contributed by atoms with van der Waals surface area (Å²) >= 11 is 0. The van der Waals surface area contributed by atoms with Crippen molar-refractivity contribution in [2.45, 2.75) is 38.5 Å². The van der Waals surface area contributed by atoms with Gasteiger partial charge in [0.15, 0.2) is 0 Å². The molecule has 0 spiro atoms. The van der Waals surface area contributed by atoms with E-state index in [9.17, 15) is 19.8 Å². The molecule has 0 atom stereocenters. The Kier molecular flexibility index (Phi) is 8.97. The van der Waals surface area contributed by atoms with Crippen LogP contribution in [0.15, 0.2) is 24.3 Å². The fraction of sp³-hybridized carbons (Fsp3) is 0.500. The highest BCUT2D eigenvalue weighted by molar-refractivity contribution is 5.77. The van der Waals surface area contributed by atoms with Gasteiger partial charge in [0.2, 0.25) is 0 Å². The molecule has 0 heterocycles. The third-order valence-corrected chi connectivity index (χ3v) is 2.00. The number of hydrogen-bond acceptors (Lipinski definition) is 4. The number of rotatable bonds is 9. The molecule has 0 aliphatic rings. The Labute approximate surface area is 95.3 Å². The van der Waals surface area contributed by atoms with Crippen LogP contribution in [0.25, 0.3) is 0 Å². The van der Waals surface area contributed by atoms with Crippen LogP contribution in [-0.4, -0.2) is 11.9 Å². The van der Waals surface area contributed by atoms with Crippen LogP contribution in [0.5, 0.6) is 0 Å². The average Bonchev–Trinajstić information content (AvgIpc) is 2.20. The van der Waals surface area contributed by atoms with E-state index >= 15 is 0 Å². The SMILES string of the molecule is O=C([O-])/C=C/CCCCCC/C=C/C(=O)[O-]. The van der Waals surface area contributed by atoms with Crippen LogP contribution in [0.2, 0.25) is 0 Å². The maximum absolute atomic E-state index is 10.0. The molecule has 0 fully saturated rings. The van der Waals surface area contributed by atoms with Crippen LogP contribution in [-0.2, 0) is 9.59 Å². The van der Waals surface area contributed by atoms with E-state index in [-0.39, 0.29) is 0 Å². The molecule has 0 aromatic carbocycles. The molecule has 0 aliphatic carbocycles. The van der Waals surface area contributed by atoms with Gasteiger partial charge >= 0.3 is 0 Å². The monoisotopic (exact) mass is 224 g/mol. The summed E-state index contributed by atoms with van der Waals surface area (Å²) in [6.07, 6.45) is 10.6. The van der Waals surface area contributed by atoms with Crippen molar-refractivity contribution in [3.8, 4) is 0 Å². The van der Waals surface area contributed by atoms with Crippen molar-refractivity contribution >= 4 is 11.9 Å². The minimum absolute atomic E-state index is 0.739. The zero-order valence-corrected chi connectivity index (χ0v) is 9.19. The quantitative estimate of drug-likeness (QED) is 0.406. The molecule has 0 aromatic heterocycles. The van der Waals surface area contributed by atoms with Crippen LogP contribution in [0, 0.1) is 0 Å². The number of carbonyl (C=O) groups excluding carboxylic acids is 2. The topological polar surface area (TPSA) is 80.3 Å². The molecule has 0 bridgehead atoms. The largest absolute Gasteiger partial charge is 0.545 e. The van der Waals surface area contributed by atoms with E-state index in [0.717, 1.165) is 50.7 Å². The van der Waals surface area contributed by atoms with Crippen molar-refractivity contribution in [2.75, 3.05) is 0 Å². The molecule has 0 radical (unpaired) electrons. The van der Waals surface area contributed by atoms with E-state index in [1.807, 2.05) is 0 Å². The summed E-state index contributed by atoms with van der Waals surface area (Å²) in [4.78, 5) is 20.0. The lowest BCUT2D eigenvalue weighted by Crippen LogP contribution is -2.18. The lowest BCUT2D eigenvalue weighted by atomic mass is 10.1. The molecule has 4 nitrogen and oxygen atoms in total. The predicted molar refractivity (Wildman–Crippen MR) is 56.0 cm³/mol. The summed E-state index contributed by atoms with van der Waals surface area (Å²) in [6.45, 7) is 0. The van der Waals surface area contributed by atoms with E-state index in [1.54, 1.807) is 12.2 Å². The Morgan fingerprint density at radius 1 is 0.750 bits per heavy atom. The minimum atomic E-state index is -1.16. The fourth-order valence-corrected chi connectivity index (χ4v) is 1.24. The number of hydrogen-bond donors (Lipinski definition) is 0. The van der Waals surface area contributed by atoms with Crippen molar-refractivity contribution in [3.05, 3.63) is 24.3 Å². The number of carbonyl (C=O) groups is 2. The number of unbranched alkanes of at least 4 members (excludes halogenated alkanes) is 5. The first-order valence-electron chi connectivity index (χ1n) is 5.38. The normalized spacial score (nSPS) is 11.2. The first kappa shape index (κ1) is 14.4. The van der Waals surface area contributed by atoms with E-state index in [1.165, 1.54) is 0 Å². The second kappa shape index (κ2) is 9.96. The van der Waals surface area contributed by atoms with E-state index in [2.05, 4.69) is 0 Å². The highest BCUT2D eigenvalue weighted by Crippen LogP contribution is 2.06. The van der Waals surface area contributed by atoms with Gasteiger partial charge in [0.1, 0.15) is 0 Å². The Balaban J connectivity index is 3.22. The molecule has 16 heavy (non-hydrogen) atoms. The molecule has 0 saturated carbocycles. The molecular formula is C12H16O4-2. The highest BCUT2D eigenvalue weighted by Gasteiger charge is 1.87. The maximum atomic E-state index is 10.0. The maximum Gasteiger partial charge on any atom is 0.0639 e. The molecular weight excluding hydrogens is 208 g/mol. The summed E-state index contributed by atoms with van der Waals surface area (Å²) in [6, 6.07) is 0. The lowest BCUT2D eigenvalue weighted by Gasteiger charge is -1.97. The zero-order chi connectivity index (χ0) is 12.2. The average molecular weight is 224 g/mol. The van der Waals surface area contributed by atoms with Crippen molar-refractivity contribution in [2.24, 2.45) is 0 Å². The van der Waals surface area contributed by atoms with Gasteiger partial charge in [-0.1, -0.05) is 25.0 Å². The van der Waals surface area contributed by atoms with Crippen molar-refractivity contribution in [1.82, 2.24) is 0 Å². The van der Waals surface area contributed by atoms with E-state index in [0.29, 0.717) is 0 Å². The summed E-state index contributed by atoms with van der Waals surface area (Å²) in [5.74, 6) is -2.32. The third-order valence-electron chi connectivity index (χ3n) is 2.00. The standard InChI is InChI=1S/C12H18O4/c13-11(14)9-7-5-3-1-2-4-6-8-10-12(15)16/h7-10H,1-6H2,(H,13,14)(H,15,16)/p-2/b9-7+,10-8+. The first-order valence-corrected chi connectivity index (χ1v) is 5.38. The van der Waals surface area contributed by atoms with Crippen molar-refractivity contribution < 1.29 is 19.8 Å². The van der Waals surface area contributed by atoms with Crippen molar-refractivity contribution in [1.29, 1.82) is 0 Å². The van der Waals surface area contributed by atoms with E-state index in [4.69, 9.17) is 0 Å². The molecule has 4 heteroatoms. The number of allylic oxidation sites excluding steroid dienone is 2. The molecule has 90 valence electrons. The van der Waals surface area contributed by atoms with Crippen LogP contribution in [0.1, 0.15) is 38.5 Å². The van der Waals surface area contributed by atoms with Gasteiger partial charge in [-0.05, 0) is 37.8 Å². The number of carboxylic acids is 2. The van der Waals surface area contributed by atoms with Crippen molar-refractivity contribution in [3.63, 3.8) is 0 Å². The fourth-order valence-electron chi connectivity index (χ4n) is 1.24. The molecule has 0 rings (SSSR count). The number of carboxylic acid groups (broad SMARTS) is 2. The molecule has 0 aliphatic heterocycles.